The fraction of sp³-hybridized carbons (Fsp3) is 0.238. The number of rotatable bonds is 5. The number of thiazole rings is 1. The van der Waals surface area contributed by atoms with Crippen LogP contribution >= 0.6 is 11.3 Å². The summed E-state index contributed by atoms with van der Waals surface area (Å²) in [6.45, 7) is 6.11. The summed E-state index contributed by atoms with van der Waals surface area (Å²) >= 11 is 1.61. The molecule has 1 amide bonds. The van der Waals surface area contributed by atoms with Crippen molar-refractivity contribution in [3.05, 3.63) is 80.8 Å². The molecule has 0 atom stereocenters. The first kappa shape index (κ1) is 17.4. The average molecular weight is 350 g/mol. The van der Waals surface area contributed by atoms with Gasteiger partial charge in [0.25, 0.3) is 0 Å². The Labute approximate surface area is 152 Å². The van der Waals surface area contributed by atoms with Crippen LogP contribution in [0.1, 0.15) is 33.0 Å². The maximum Gasteiger partial charge on any atom is 0.230 e. The van der Waals surface area contributed by atoms with Crippen molar-refractivity contribution >= 4 is 22.9 Å². The van der Waals surface area contributed by atoms with Gasteiger partial charge >= 0.3 is 0 Å². The second-order valence-electron chi connectivity index (χ2n) is 6.39. The van der Waals surface area contributed by atoms with Gasteiger partial charge in [0.05, 0.1) is 17.1 Å². The van der Waals surface area contributed by atoms with Crippen molar-refractivity contribution in [1.29, 1.82) is 0 Å². The van der Waals surface area contributed by atoms with Crippen LogP contribution in [0.3, 0.4) is 0 Å². The van der Waals surface area contributed by atoms with E-state index in [0.29, 0.717) is 6.42 Å². The van der Waals surface area contributed by atoms with Crippen molar-refractivity contribution in [3.8, 4) is 0 Å². The molecule has 0 spiro atoms. The van der Waals surface area contributed by atoms with Gasteiger partial charge in [-0.2, -0.15) is 0 Å². The number of aryl methyl sites for hydroxylation is 3. The monoisotopic (exact) mass is 350 g/mol. The fourth-order valence-electron chi connectivity index (χ4n) is 3.01. The van der Waals surface area contributed by atoms with E-state index in [1.807, 2.05) is 37.4 Å². The Morgan fingerprint density at radius 1 is 1.08 bits per heavy atom. The fourth-order valence-corrected chi connectivity index (χ4v) is 3.84. The summed E-state index contributed by atoms with van der Waals surface area (Å²) in [5, 5.41) is 6.06. The molecule has 1 aromatic heterocycles. The molecule has 0 saturated carbocycles. The summed E-state index contributed by atoms with van der Waals surface area (Å²) in [5.41, 5.74) is 6.37. The van der Waals surface area contributed by atoms with Crippen LogP contribution in [0.15, 0.2) is 47.8 Å². The molecule has 1 N–H and O–H groups in total. The van der Waals surface area contributed by atoms with Crippen LogP contribution in [0.5, 0.6) is 0 Å². The van der Waals surface area contributed by atoms with Gasteiger partial charge in [0, 0.05) is 17.5 Å². The standard InChI is InChI=1S/C21H22N2OS/c1-14-9-15(2)21(16(3)10-14)23-19(24)12-18-13-25-20(22-18)11-17-7-5-4-6-8-17/h4-10,13H,11-12H2,1-3H3,(H,23,24). The molecule has 4 heteroatoms. The maximum absolute atomic E-state index is 12.4. The summed E-state index contributed by atoms with van der Waals surface area (Å²) in [6.07, 6.45) is 1.11. The molecule has 2 aromatic carbocycles. The van der Waals surface area contributed by atoms with Gasteiger partial charge in [-0.25, -0.2) is 4.98 Å². The van der Waals surface area contributed by atoms with E-state index < -0.39 is 0 Å². The van der Waals surface area contributed by atoms with Crippen LogP contribution in [0.4, 0.5) is 5.69 Å². The highest BCUT2D eigenvalue weighted by molar-refractivity contribution is 7.09. The number of amides is 1. The lowest BCUT2D eigenvalue weighted by atomic mass is 10.0. The third kappa shape index (κ3) is 4.54. The number of anilines is 1. The molecule has 0 fully saturated rings. The van der Waals surface area contributed by atoms with Crippen LogP contribution in [-0.4, -0.2) is 10.9 Å². The molecule has 0 radical (unpaired) electrons. The Bertz CT molecular complexity index is 861. The van der Waals surface area contributed by atoms with Crippen LogP contribution in [0.25, 0.3) is 0 Å². The number of carbonyl (C=O) groups is 1. The van der Waals surface area contributed by atoms with Crippen molar-refractivity contribution < 1.29 is 4.79 Å². The first-order valence-corrected chi connectivity index (χ1v) is 9.24. The quantitative estimate of drug-likeness (QED) is 0.715. The molecule has 0 saturated heterocycles. The second kappa shape index (κ2) is 7.62. The number of nitrogens with zero attached hydrogens (tertiary/aromatic N) is 1. The Hall–Kier alpha value is -2.46. The Kier molecular flexibility index (Phi) is 5.29. The van der Waals surface area contributed by atoms with Gasteiger partial charge in [0.2, 0.25) is 5.91 Å². The van der Waals surface area contributed by atoms with Crippen LogP contribution in [0.2, 0.25) is 0 Å². The first-order valence-electron chi connectivity index (χ1n) is 8.36. The third-order valence-electron chi connectivity index (χ3n) is 4.08. The number of benzene rings is 2. The summed E-state index contributed by atoms with van der Waals surface area (Å²) < 4.78 is 0. The Balaban J connectivity index is 1.64. The molecule has 25 heavy (non-hydrogen) atoms. The summed E-state index contributed by atoms with van der Waals surface area (Å²) in [4.78, 5) is 17.0. The van der Waals surface area contributed by atoms with Crippen LogP contribution in [-0.2, 0) is 17.6 Å². The van der Waals surface area contributed by atoms with Gasteiger partial charge in [0.15, 0.2) is 0 Å². The Morgan fingerprint density at radius 3 is 2.44 bits per heavy atom. The van der Waals surface area contributed by atoms with Crippen LogP contribution < -0.4 is 5.32 Å². The lowest BCUT2D eigenvalue weighted by molar-refractivity contribution is -0.115. The van der Waals surface area contributed by atoms with E-state index in [-0.39, 0.29) is 5.91 Å². The van der Waals surface area contributed by atoms with Crippen molar-refractivity contribution in [2.24, 2.45) is 0 Å². The molecule has 128 valence electrons. The van der Waals surface area contributed by atoms with Gasteiger partial charge in [0.1, 0.15) is 0 Å². The molecule has 0 unspecified atom stereocenters. The van der Waals surface area contributed by atoms with E-state index in [4.69, 9.17) is 0 Å². The minimum atomic E-state index is -0.0217. The highest BCUT2D eigenvalue weighted by Gasteiger charge is 2.11. The van der Waals surface area contributed by atoms with Crippen molar-refractivity contribution in [3.63, 3.8) is 0 Å². The highest BCUT2D eigenvalue weighted by atomic mass is 32.1. The summed E-state index contributed by atoms with van der Waals surface area (Å²) in [7, 11) is 0. The number of hydrogen-bond donors (Lipinski definition) is 1. The smallest absolute Gasteiger partial charge is 0.230 e. The topological polar surface area (TPSA) is 42.0 Å². The summed E-state index contributed by atoms with van der Waals surface area (Å²) in [6, 6.07) is 14.4. The van der Waals surface area contributed by atoms with Gasteiger partial charge in [-0.1, -0.05) is 48.0 Å². The zero-order valence-corrected chi connectivity index (χ0v) is 15.6. The molecular weight excluding hydrogens is 328 g/mol. The summed E-state index contributed by atoms with van der Waals surface area (Å²) in [5.74, 6) is -0.0217. The maximum atomic E-state index is 12.4. The largest absolute Gasteiger partial charge is 0.325 e. The van der Waals surface area contributed by atoms with E-state index in [1.54, 1.807) is 11.3 Å². The van der Waals surface area contributed by atoms with E-state index in [1.165, 1.54) is 11.1 Å². The van der Waals surface area contributed by atoms with Gasteiger partial charge < -0.3 is 5.32 Å². The normalized spacial score (nSPS) is 10.7. The lowest BCUT2D eigenvalue weighted by Gasteiger charge is -2.12. The van der Waals surface area contributed by atoms with E-state index in [9.17, 15) is 4.79 Å². The minimum Gasteiger partial charge on any atom is -0.325 e. The third-order valence-corrected chi connectivity index (χ3v) is 4.98. The molecule has 0 aliphatic heterocycles. The van der Waals surface area contributed by atoms with Gasteiger partial charge in [-0.3, -0.25) is 4.79 Å². The van der Waals surface area contributed by atoms with E-state index >= 15 is 0 Å². The molecule has 0 bridgehead atoms. The zero-order valence-electron chi connectivity index (χ0n) is 14.8. The molecule has 3 aromatic rings. The Morgan fingerprint density at radius 2 is 1.76 bits per heavy atom. The van der Waals surface area contributed by atoms with Crippen molar-refractivity contribution in [1.82, 2.24) is 4.98 Å². The highest BCUT2D eigenvalue weighted by Crippen LogP contribution is 2.22. The molecular formula is C21H22N2OS. The zero-order chi connectivity index (χ0) is 17.8. The van der Waals surface area contributed by atoms with E-state index in [2.05, 4.69) is 41.5 Å². The van der Waals surface area contributed by atoms with Crippen molar-refractivity contribution in [2.45, 2.75) is 33.6 Å². The van der Waals surface area contributed by atoms with E-state index in [0.717, 1.165) is 33.9 Å². The number of hydrogen-bond acceptors (Lipinski definition) is 3. The molecule has 0 aliphatic rings. The first-order chi connectivity index (χ1) is 12.0. The number of nitrogens with one attached hydrogen (secondary N) is 1. The predicted octanol–water partition coefficient (Wildman–Crippen LogP) is 4.84. The second-order valence-corrected chi connectivity index (χ2v) is 7.34. The molecule has 1 heterocycles. The average Bonchev–Trinajstić information content (AvgIpc) is 2.98. The molecule has 3 nitrogen and oxygen atoms in total. The van der Waals surface area contributed by atoms with Crippen LogP contribution in [0, 0.1) is 20.8 Å². The SMILES string of the molecule is Cc1cc(C)c(NC(=O)Cc2csc(Cc3ccccc3)n2)c(C)c1. The van der Waals surface area contributed by atoms with Gasteiger partial charge in [-0.15, -0.1) is 11.3 Å². The lowest BCUT2D eigenvalue weighted by Crippen LogP contribution is -2.16. The van der Waals surface area contributed by atoms with Crippen molar-refractivity contribution in [2.75, 3.05) is 5.32 Å². The molecule has 3 rings (SSSR count). The number of carbonyl (C=O) groups excluding carboxylic acids is 1. The minimum absolute atomic E-state index is 0.0217. The predicted molar refractivity (Wildman–Crippen MR) is 104 cm³/mol. The number of aromatic nitrogens is 1. The molecule has 0 aliphatic carbocycles. The van der Waals surface area contributed by atoms with Gasteiger partial charge in [-0.05, 0) is 37.5 Å².